The van der Waals surface area contributed by atoms with Gasteiger partial charge in [-0.25, -0.2) is 17.5 Å². The summed E-state index contributed by atoms with van der Waals surface area (Å²) in [4.78, 5) is 14.0. The molecule has 1 heterocycles. The fourth-order valence-corrected chi connectivity index (χ4v) is 4.11. The SMILES string of the molecule is O=C1[C@@H](NS(=O)(=O)Cc2cccc(F)c2)CCN1c1ccccc1. The van der Waals surface area contributed by atoms with Gasteiger partial charge < -0.3 is 4.90 Å². The second-order valence-electron chi connectivity index (χ2n) is 5.67. The van der Waals surface area contributed by atoms with Crippen LogP contribution in [-0.2, 0) is 20.6 Å². The highest BCUT2D eigenvalue weighted by molar-refractivity contribution is 7.88. The summed E-state index contributed by atoms with van der Waals surface area (Å²) in [6, 6.07) is 13.7. The van der Waals surface area contributed by atoms with Gasteiger partial charge in [-0.15, -0.1) is 0 Å². The molecular weight excluding hydrogens is 331 g/mol. The van der Waals surface area contributed by atoms with Gasteiger partial charge >= 0.3 is 0 Å². The van der Waals surface area contributed by atoms with Crippen LogP contribution >= 0.6 is 0 Å². The third-order valence-corrected chi connectivity index (χ3v) is 5.20. The number of hydrogen-bond acceptors (Lipinski definition) is 3. The Balaban J connectivity index is 1.68. The Labute approximate surface area is 140 Å². The largest absolute Gasteiger partial charge is 0.311 e. The zero-order chi connectivity index (χ0) is 17.2. The van der Waals surface area contributed by atoms with Gasteiger partial charge in [-0.1, -0.05) is 30.3 Å². The van der Waals surface area contributed by atoms with E-state index in [-0.39, 0.29) is 11.7 Å². The summed E-state index contributed by atoms with van der Waals surface area (Å²) in [7, 11) is -3.74. The fourth-order valence-electron chi connectivity index (χ4n) is 2.76. The van der Waals surface area contributed by atoms with Crippen molar-refractivity contribution >= 4 is 21.6 Å². The van der Waals surface area contributed by atoms with E-state index in [0.717, 1.165) is 5.69 Å². The Kier molecular flexibility index (Phi) is 4.64. The van der Waals surface area contributed by atoms with Crippen LogP contribution < -0.4 is 9.62 Å². The predicted octanol–water partition coefficient (Wildman–Crippen LogP) is 2.05. The molecule has 7 heteroatoms. The van der Waals surface area contributed by atoms with E-state index in [9.17, 15) is 17.6 Å². The average Bonchev–Trinajstić information content (AvgIpc) is 2.88. The van der Waals surface area contributed by atoms with E-state index in [2.05, 4.69) is 4.72 Å². The van der Waals surface area contributed by atoms with Crippen LogP contribution in [0.5, 0.6) is 0 Å². The van der Waals surface area contributed by atoms with Crippen LogP contribution in [0.4, 0.5) is 10.1 Å². The van der Waals surface area contributed by atoms with Crippen LogP contribution in [0.1, 0.15) is 12.0 Å². The molecule has 0 aliphatic carbocycles. The summed E-state index contributed by atoms with van der Waals surface area (Å²) in [5.41, 5.74) is 1.09. The van der Waals surface area contributed by atoms with Gasteiger partial charge in [0.1, 0.15) is 11.9 Å². The lowest BCUT2D eigenvalue weighted by atomic mass is 10.2. The molecule has 1 amide bonds. The molecule has 0 aromatic heterocycles. The van der Waals surface area contributed by atoms with Crippen LogP contribution in [0.25, 0.3) is 0 Å². The maximum absolute atomic E-state index is 13.2. The summed E-state index contributed by atoms with van der Waals surface area (Å²) in [5, 5.41) is 0. The Morgan fingerprint density at radius 3 is 2.58 bits per heavy atom. The van der Waals surface area contributed by atoms with Crippen molar-refractivity contribution in [2.45, 2.75) is 18.2 Å². The summed E-state index contributed by atoms with van der Waals surface area (Å²) in [6.07, 6.45) is 0.399. The van der Waals surface area contributed by atoms with Gasteiger partial charge in [0.2, 0.25) is 15.9 Å². The van der Waals surface area contributed by atoms with E-state index in [1.54, 1.807) is 4.90 Å². The number of nitrogens with one attached hydrogen (secondary N) is 1. The monoisotopic (exact) mass is 348 g/mol. The van der Waals surface area contributed by atoms with Gasteiger partial charge in [0.15, 0.2) is 0 Å². The van der Waals surface area contributed by atoms with Crippen molar-refractivity contribution in [1.82, 2.24) is 4.72 Å². The molecule has 0 bridgehead atoms. The Bertz CT molecular complexity index is 840. The number of carbonyl (C=O) groups excluding carboxylic acids is 1. The highest BCUT2D eigenvalue weighted by Crippen LogP contribution is 2.21. The van der Waals surface area contributed by atoms with Gasteiger partial charge in [-0.05, 0) is 36.2 Å². The Hall–Kier alpha value is -2.25. The van der Waals surface area contributed by atoms with E-state index in [0.29, 0.717) is 18.5 Å². The topological polar surface area (TPSA) is 66.5 Å². The van der Waals surface area contributed by atoms with Gasteiger partial charge in [-0.3, -0.25) is 4.79 Å². The molecule has 2 aromatic rings. The standard InChI is InChI=1S/C17H17FN2O3S/c18-14-6-4-5-13(11-14)12-24(22,23)19-16-9-10-20(17(16)21)15-7-2-1-3-8-15/h1-8,11,16,19H,9-10,12H2/t16-/m0/s1. The van der Waals surface area contributed by atoms with Gasteiger partial charge in [0.25, 0.3) is 0 Å². The van der Waals surface area contributed by atoms with Crippen LogP contribution in [0.2, 0.25) is 0 Å². The first-order valence-electron chi connectivity index (χ1n) is 7.55. The minimum Gasteiger partial charge on any atom is -0.311 e. The molecular formula is C17H17FN2O3S. The van der Waals surface area contributed by atoms with Crippen molar-refractivity contribution in [2.24, 2.45) is 0 Å². The number of benzene rings is 2. The van der Waals surface area contributed by atoms with Gasteiger partial charge in [0, 0.05) is 12.2 Å². The van der Waals surface area contributed by atoms with E-state index in [1.165, 1.54) is 24.3 Å². The smallest absolute Gasteiger partial charge is 0.245 e. The van der Waals surface area contributed by atoms with Crippen molar-refractivity contribution in [2.75, 3.05) is 11.4 Å². The van der Waals surface area contributed by atoms with Crippen LogP contribution in [0.3, 0.4) is 0 Å². The number of anilines is 1. The quantitative estimate of drug-likeness (QED) is 0.899. The first kappa shape index (κ1) is 16.6. The maximum Gasteiger partial charge on any atom is 0.245 e. The molecule has 1 fully saturated rings. The van der Waals surface area contributed by atoms with Crippen molar-refractivity contribution in [1.29, 1.82) is 0 Å². The van der Waals surface area contributed by atoms with Crippen molar-refractivity contribution in [3.05, 3.63) is 66.0 Å². The minimum absolute atomic E-state index is 0.274. The summed E-state index contributed by atoms with van der Waals surface area (Å²) in [6.45, 7) is 0.454. The van der Waals surface area contributed by atoms with E-state index in [1.807, 2.05) is 30.3 Å². The molecule has 2 aromatic carbocycles. The average molecular weight is 348 g/mol. The lowest BCUT2D eigenvalue weighted by Gasteiger charge is -2.17. The van der Waals surface area contributed by atoms with E-state index >= 15 is 0 Å². The lowest BCUT2D eigenvalue weighted by molar-refractivity contribution is -0.118. The zero-order valence-electron chi connectivity index (χ0n) is 12.9. The normalized spacial score (nSPS) is 18.1. The number of halogens is 1. The van der Waals surface area contributed by atoms with Crippen molar-refractivity contribution in [3.63, 3.8) is 0 Å². The number of hydrogen-bond donors (Lipinski definition) is 1. The zero-order valence-corrected chi connectivity index (χ0v) is 13.7. The number of sulfonamides is 1. The van der Waals surface area contributed by atoms with Crippen LogP contribution in [0.15, 0.2) is 54.6 Å². The number of para-hydroxylation sites is 1. The third kappa shape index (κ3) is 3.80. The third-order valence-electron chi connectivity index (χ3n) is 3.84. The number of amides is 1. The Morgan fingerprint density at radius 2 is 1.88 bits per heavy atom. The number of nitrogens with zero attached hydrogens (tertiary/aromatic N) is 1. The molecule has 24 heavy (non-hydrogen) atoms. The fraction of sp³-hybridized carbons (Fsp3) is 0.235. The number of rotatable bonds is 5. The molecule has 1 N–H and O–H groups in total. The molecule has 1 saturated heterocycles. The van der Waals surface area contributed by atoms with Crippen LogP contribution in [-0.4, -0.2) is 26.9 Å². The highest BCUT2D eigenvalue weighted by Gasteiger charge is 2.35. The molecule has 0 spiro atoms. The Morgan fingerprint density at radius 1 is 1.12 bits per heavy atom. The maximum atomic E-state index is 13.2. The molecule has 1 aliphatic rings. The van der Waals surface area contributed by atoms with Crippen molar-refractivity contribution < 1.29 is 17.6 Å². The first-order chi connectivity index (χ1) is 11.4. The molecule has 5 nitrogen and oxygen atoms in total. The molecule has 0 unspecified atom stereocenters. The van der Waals surface area contributed by atoms with Crippen molar-refractivity contribution in [3.8, 4) is 0 Å². The second kappa shape index (κ2) is 6.70. The molecule has 1 aliphatic heterocycles. The molecule has 0 radical (unpaired) electrons. The second-order valence-corrected chi connectivity index (χ2v) is 7.43. The lowest BCUT2D eigenvalue weighted by Crippen LogP contribution is -2.41. The summed E-state index contributed by atoms with van der Waals surface area (Å²) < 4.78 is 40.1. The van der Waals surface area contributed by atoms with Crippen LogP contribution in [0, 0.1) is 5.82 Å². The molecule has 3 rings (SSSR count). The molecule has 0 saturated carbocycles. The first-order valence-corrected chi connectivity index (χ1v) is 9.21. The minimum atomic E-state index is -3.74. The van der Waals surface area contributed by atoms with E-state index in [4.69, 9.17) is 0 Å². The van der Waals surface area contributed by atoms with E-state index < -0.39 is 21.9 Å². The summed E-state index contributed by atoms with van der Waals surface area (Å²) >= 11 is 0. The van der Waals surface area contributed by atoms with Gasteiger partial charge in [0.05, 0.1) is 5.75 Å². The molecule has 126 valence electrons. The number of carbonyl (C=O) groups is 1. The predicted molar refractivity (Wildman–Crippen MR) is 89.4 cm³/mol. The highest BCUT2D eigenvalue weighted by atomic mass is 32.2. The summed E-state index contributed by atoms with van der Waals surface area (Å²) in [5.74, 6) is -1.13. The molecule has 1 atom stereocenters. The van der Waals surface area contributed by atoms with Gasteiger partial charge in [-0.2, -0.15) is 0 Å².